The number of aryl methyl sites for hydroxylation is 1. The fourth-order valence-corrected chi connectivity index (χ4v) is 1.74. The molecule has 2 N–H and O–H groups in total. The summed E-state index contributed by atoms with van der Waals surface area (Å²) in [6.07, 6.45) is 4.11. The molecule has 0 saturated carbocycles. The molecule has 1 aromatic carbocycles. The number of nitrogens with two attached hydrogens (primary N) is 1. The number of hydrogen-bond acceptors (Lipinski definition) is 3. The maximum atomic E-state index is 5.46. The lowest BCUT2D eigenvalue weighted by Crippen LogP contribution is -1.95. The van der Waals surface area contributed by atoms with E-state index in [4.69, 9.17) is 15.2 Å². The van der Waals surface area contributed by atoms with Crippen LogP contribution >= 0.6 is 0 Å². The van der Waals surface area contributed by atoms with E-state index in [0.29, 0.717) is 13.3 Å². The highest BCUT2D eigenvalue weighted by atomic mass is 16.7. The molecule has 1 heterocycles. The predicted molar refractivity (Wildman–Crippen MR) is 63.7 cm³/mol. The molecule has 0 fully saturated rings. The van der Waals surface area contributed by atoms with Gasteiger partial charge in [0.05, 0.1) is 0 Å². The van der Waals surface area contributed by atoms with E-state index in [1.807, 2.05) is 6.07 Å². The maximum absolute atomic E-state index is 5.46. The van der Waals surface area contributed by atoms with Gasteiger partial charge >= 0.3 is 0 Å². The predicted octanol–water partition coefficient (Wildman–Crippen LogP) is 2.25. The van der Waals surface area contributed by atoms with Crippen molar-refractivity contribution in [1.82, 2.24) is 0 Å². The molecule has 1 aromatic rings. The van der Waals surface area contributed by atoms with Gasteiger partial charge in [-0.2, -0.15) is 0 Å². The van der Waals surface area contributed by atoms with Gasteiger partial charge in [0.2, 0.25) is 6.79 Å². The van der Waals surface area contributed by atoms with Crippen molar-refractivity contribution in [3.05, 3.63) is 35.4 Å². The fourth-order valence-electron chi connectivity index (χ4n) is 1.74. The molecule has 3 nitrogen and oxygen atoms in total. The summed E-state index contributed by atoms with van der Waals surface area (Å²) in [5.74, 6) is 1.70. The topological polar surface area (TPSA) is 44.5 Å². The summed E-state index contributed by atoms with van der Waals surface area (Å²) < 4.78 is 10.6. The number of hydrogen-bond donors (Lipinski definition) is 1. The molecule has 2 rings (SSSR count). The van der Waals surface area contributed by atoms with Crippen LogP contribution in [0.15, 0.2) is 29.8 Å². The Morgan fingerprint density at radius 1 is 1.38 bits per heavy atom. The Morgan fingerprint density at radius 2 is 2.19 bits per heavy atom. The summed E-state index contributed by atoms with van der Waals surface area (Å²) in [6, 6.07) is 6.11. The molecule has 0 amide bonds. The van der Waals surface area contributed by atoms with Crippen molar-refractivity contribution in [2.75, 3.05) is 13.3 Å². The summed E-state index contributed by atoms with van der Waals surface area (Å²) in [4.78, 5) is 0. The molecule has 0 unspecified atom stereocenters. The van der Waals surface area contributed by atoms with Gasteiger partial charge in [0.25, 0.3) is 0 Å². The molecule has 0 aromatic heterocycles. The molecule has 16 heavy (non-hydrogen) atoms. The second kappa shape index (κ2) is 5.03. The molecule has 0 spiro atoms. The van der Waals surface area contributed by atoms with E-state index in [-0.39, 0.29) is 0 Å². The van der Waals surface area contributed by atoms with Crippen molar-refractivity contribution in [3.8, 4) is 11.5 Å². The van der Waals surface area contributed by atoms with Crippen molar-refractivity contribution >= 4 is 0 Å². The van der Waals surface area contributed by atoms with Crippen LogP contribution in [0.4, 0.5) is 0 Å². The first-order chi connectivity index (χ1) is 7.79. The Balaban J connectivity index is 1.98. The minimum atomic E-state index is 0.338. The van der Waals surface area contributed by atoms with Gasteiger partial charge in [-0.1, -0.05) is 17.7 Å². The van der Waals surface area contributed by atoms with Gasteiger partial charge in [-0.05, 0) is 37.5 Å². The molecule has 86 valence electrons. The SMILES string of the molecule is CC(=CCN)CCc1ccc2c(c1)OCO2. The zero-order chi connectivity index (χ0) is 11.4. The average Bonchev–Trinajstić information content (AvgIpc) is 2.74. The maximum Gasteiger partial charge on any atom is 0.231 e. The first-order valence-electron chi connectivity index (χ1n) is 5.54. The van der Waals surface area contributed by atoms with Gasteiger partial charge in [0.1, 0.15) is 0 Å². The van der Waals surface area contributed by atoms with Gasteiger partial charge < -0.3 is 15.2 Å². The standard InChI is InChI=1S/C13H17NO2/c1-10(6-7-14)2-3-11-4-5-12-13(8-11)16-9-15-12/h4-6,8H,2-3,7,9,14H2,1H3. The Kier molecular flexibility index (Phi) is 3.47. The summed E-state index contributed by atoms with van der Waals surface area (Å²) in [5, 5.41) is 0. The third-order valence-electron chi connectivity index (χ3n) is 2.71. The second-order valence-corrected chi connectivity index (χ2v) is 3.97. The minimum Gasteiger partial charge on any atom is -0.454 e. The number of allylic oxidation sites excluding steroid dienone is 1. The Hall–Kier alpha value is -1.48. The second-order valence-electron chi connectivity index (χ2n) is 3.97. The normalized spacial score (nSPS) is 14.2. The van der Waals surface area contributed by atoms with Gasteiger partial charge in [-0.3, -0.25) is 0 Å². The molecular formula is C13H17NO2. The smallest absolute Gasteiger partial charge is 0.231 e. The largest absolute Gasteiger partial charge is 0.454 e. The third kappa shape index (κ3) is 2.55. The molecule has 0 aliphatic carbocycles. The van der Waals surface area contributed by atoms with Crippen LogP contribution in [0.3, 0.4) is 0 Å². The van der Waals surface area contributed by atoms with Crippen LogP contribution in [0.2, 0.25) is 0 Å². The van der Waals surface area contributed by atoms with Crippen molar-refractivity contribution in [1.29, 1.82) is 0 Å². The monoisotopic (exact) mass is 219 g/mol. The van der Waals surface area contributed by atoms with Crippen molar-refractivity contribution in [2.45, 2.75) is 19.8 Å². The van der Waals surface area contributed by atoms with Crippen molar-refractivity contribution < 1.29 is 9.47 Å². The van der Waals surface area contributed by atoms with E-state index in [2.05, 4.69) is 25.1 Å². The lowest BCUT2D eigenvalue weighted by molar-refractivity contribution is 0.174. The van der Waals surface area contributed by atoms with Gasteiger partial charge in [-0.25, -0.2) is 0 Å². The highest BCUT2D eigenvalue weighted by Gasteiger charge is 2.12. The van der Waals surface area contributed by atoms with Crippen LogP contribution in [-0.4, -0.2) is 13.3 Å². The lowest BCUT2D eigenvalue weighted by atomic mass is 10.0. The Bertz CT molecular complexity index is 399. The Morgan fingerprint density at radius 3 is 3.00 bits per heavy atom. The van der Waals surface area contributed by atoms with Gasteiger partial charge in [0.15, 0.2) is 11.5 Å². The third-order valence-corrected chi connectivity index (χ3v) is 2.71. The van der Waals surface area contributed by atoms with Crippen LogP contribution in [0.5, 0.6) is 11.5 Å². The van der Waals surface area contributed by atoms with Crippen LogP contribution in [-0.2, 0) is 6.42 Å². The van der Waals surface area contributed by atoms with Crippen LogP contribution in [0.1, 0.15) is 18.9 Å². The van der Waals surface area contributed by atoms with Crippen molar-refractivity contribution in [2.24, 2.45) is 5.73 Å². The molecule has 0 atom stereocenters. The van der Waals surface area contributed by atoms with Crippen molar-refractivity contribution in [3.63, 3.8) is 0 Å². The molecule has 0 radical (unpaired) electrons. The quantitative estimate of drug-likeness (QED) is 0.790. The van der Waals surface area contributed by atoms with E-state index < -0.39 is 0 Å². The molecule has 3 heteroatoms. The van der Waals surface area contributed by atoms with Gasteiger partial charge in [-0.15, -0.1) is 0 Å². The number of fused-ring (bicyclic) bond motifs is 1. The summed E-state index contributed by atoms with van der Waals surface area (Å²) in [6.45, 7) is 3.07. The number of benzene rings is 1. The summed E-state index contributed by atoms with van der Waals surface area (Å²) in [7, 11) is 0. The molecule has 0 saturated heterocycles. The zero-order valence-electron chi connectivity index (χ0n) is 9.53. The van der Waals surface area contributed by atoms with E-state index in [9.17, 15) is 0 Å². The molecule has 1 aliphatic heterocycles. The average molecular weight is 219 g/mol. The molecular weight excluding hydrogens is 202 g/mol. The number of rotatable bonds is 4. The molecule has 0 bridgehead atoms. The highest BCUT2D eigenvalue weighted by molar-refractivity contribution is 5.44. The molecule has 1 aliphatic rings. The summed E-state index contributed by atoms with van der Waals surface area (Å²) >= 11 is 0. The van der Waals surface area contributed by atoms with E-state index in [0.717, 1.165) is 24.3 Å². The summed E-state index contributed by atoms with van der Waals surface area (Å²) in [5.41, 5.74) is 8.06. The van der Waals surface area contributed by atoms with Gasteiger partial charge in [0, 0.05) is 6.54 Å². The van der Waals surface area contributed by atoms with Crippen LogP contribution in [0.25, 0.3) is 0 Å². The fraction of sp³-hybridized carbons (Fsp3) is 0.385. The number of ether oxygens (including phenoxy) is 2. The lowest BCUT2D eigenvalue weighted by Gasteiger charge is -2.03. The zero-order valence-corrected chi connectivity index (χ0v) is 9.53. The van der Waals surface area contributed by atoms with Crippen LogP contribution < -0.4 is 15.2 Å². The van der Waals surface area contributed by atoms with E-state index >= 15 is 0 Å². The van der Waals surface area contributed by atoms with E-state index in [1.54, 1.807) is 0 Å². The first-order valence-corrected chi connectivity index (χ1v) is 5.54. The first kappa shape index (κ1) is 11.0. The Labute approximate surface area is 95.9 Å². The van der Waals surface area contributed by atoms with Crippen LogP contribution in [0, 0.1) is 0 Å². The highest BCUT2D eigenvalue weighted by Crippen LogP contribution is 2.32. The van der Waals surface area contributed by atoms with E-state index in [1.165, 1.54) is 11.1 Å². The minimum absolute atomic E-state index is 0.338.